The van der Waals surface area contributed by atoms with Crippen molar-refractivity contribution in [1.82, 2.24) is 14.8 Å². The number of aromatic nitrogens is 1. The minimum absolute atomic E-state index is 0.0212. The van der Waals surface area contributed by atoms with Gasteiger partial charge >= 0.3 is 0 Å². The third-order valence-corrected chi connectivity index (χ3v) is 5.71. The fraction of sp³-hybridized carbons (Fsp3) is 0.316. The summed E-state index contributed by atoms with van der Waals surface area (Å²) in [6.45, 7) is 4.19. The summed E-state index contributed by atoms with van der Waals surface area (Å²) in [5.41, 5.74) is 6.43. The van der Waals surface area contributed by atoms with E-state index in [1.165, 1.54) is 39.1 Å². The zero-order valence-corrected chi connectivity index (χ0v) is 15.0. The van der Waals surface area contributed by atoms with Gasteiger partial charge < -0.3 is 14.8 Å². The van der Waals surface area contributed by atoms with Crippen LogP contribution in [0, 0.1) is 6.92 Å². The topological polar surface area (TPSA) is 37.3 Å². The highest BCUT2D eigenvalue weighted by Crippen LogP contribution is 2.35. The van der Waals surface area contributed by atoms with E-state index in [4.69, 9.17) is 0 Å². The fourth-order valence-corrected chi connectivity index (χ4v) is 4.41. The molecule has 4 rings (SSSR count). The minimum atomic E-state index is -0.0212. The van der Waals surface area contributed by atoms with Gasteiger partial charge in [0.05, 0.1) is 16.1 Å². The summed E-state index contributed by atoms with van der Waals surface area (Å²) < 4.78 is 2.35. The van der Waals surface area contributed by atoms with Gasteiger partial charge in [0.1, 0.15) is 0 Å². The van der Waals surface area contributed by atoms with Crippen LogP contribution in [0.15, 0.2) is 29.6 Å². The molecule has 124 valence electrons. The van der Waals surface area contributed by atoms with E-state index in [1.54, 1.807) is 7.05 Å². The number of nitrogens with zero attached hydrogens (tertiary/aromatic N) is 2. The molecule has 1 amide bonds. The van der Waals surface area contributed by atoms with Gasteiger partial charge in [0, 0.05) is 43.0 Å². The third kappa shape index (κ3) is 2.36. The number of benzene rings is 1. The Morgan fingerprint density at radius 1 is 1.29 bits per heavy atom. The molecule has 0 spiro atoms. The lowest BCUT2D eigenvalue weighted by atomic mass is 10.0. The van der Waals surface area contributed by atoms with Gasteiger partial charge in [0.15, 0.2) is 0 Å². The van der Waals surface area contributed by atoms with E-state index in [0.717, 1.165) is 30.1 Å². The Morgan fingerprint density at radius 2 is 2.12 bits per heavy atom. The molecular formula is C19H21N3OS. The van der Waals surface area contributed by atoms with E-state index in [1.807, 2.05) is 6.07 Å². The molecule has 0 unspecified atom stereocenters. The second-order valence-electron chi connectivity index (χ2n) is 6.52. The average Bonchev–Trinajstić information content (AvgIpc) is 3.16. The largest absolute Gasteiger partial charge is 0.354 e. The Balaban J connectivity index is 1.95. The molecule has 24 heavy (non-hydrogen) atoms. The lowest BCUT2D eigenvalue weighted by Gasteiger charge is -2.24. The predicted octanol–water partition coefficient (Wildman–Crippen LogP) is 3.35. The SMILES string of the molecule is CNC(=O)c1cc(-n2c3c(c4cc(C)ccc42)CN(C)CC3)cs1. The zero-order chi connectivity index (χ0) is 16.8. The van der Waals surface area contributed by atoms with Crippen LogP contribution < -0.4 is 5.32 Å². The van der Waals surface area contributed by atoms with Crippen LogP contribution in [0.4, 0.5) is 0 Å². The van der Waals surface area contributed by atoms with Crippen LogP contribution in [0.5, 0.6) is 0 Å². The molecule has 5 heteroatoms. The Morgan fingerprint density at radius 3 is 2.92 bits per heavy atom. The Bertz CT molecular complexity index is 938. The molecular weight excluding hydrogens is 318 g/mol. The number of thiophene rings is 1. The van der Waals surface area contributed by atoms with E-state index in [-0.39, 0.29) is 5.91 Å². The molecule has 3 aromatic rings. The first kappa shape index (κ1) is 15.4. The van der Waals surface area contributed by atoms with E-state index in [0.29, 0.717) is 0 Å². The Hall–Kier alpha value is -2.11. The molecule has 0 saturated carbocycles. The van der Waals surface area contributed by atoms with Gasteiger partial charge in [-0.1, -0.05) is 11.6 Å². The second-order valence-corrected chi connectivity index (χ2v) is 7.43. The number of hydrogen-bond acceptors (Lipinski definition) is 3. The molecule has 2 aromatic heterocycles. The number of likely N-dealkylation sites (N-methyl/N-ethyl adjacent to an activating group) is 1. The summed E-state index contributed by atoms with van der Waals surface area (Å²) in [5, 5.41) is 6.13. The first-order valence-corrected chi connectivity index (χ1v) is 9.09. The van der Waals surface area contributed by atoms with Crippen LogP contribution in [0.3, 0.4) is 0 Å². The quantitative estimate of drug-likeness (QED) is 0.777. The van der Waals surface area contributed by atoms with Crippen LogP contribution in [-0.2, 0) is 13.0 Å². The normalized spacial score (nSPS) is 14.8. The highest BCUT2D eigenvalue weighted by molar-refractivity contribution is 7.12. The number of aryl methyl sites for hydroxylation is 1. The van der Waals surface area contributed by atoms with Crippen molar-refractivity contribution in [3.63, 3.8) is 0 Å². The predicted molar refractivity (Wildman–Crippen MR) is 99.3 cm³/mol. The van der Waals surface area contributed by atoms with Gasteiger partial charge in [-0.15, -0.1) is 11.3 Å². The molecule has 4 nitrogen and oxygen atoms in total. The fourth-order valence-electron chi connectivity index (χ4n) is 3.59. The van der Waals surface area contributed by atoms with Crippen molar-refractivity contribution in [3.05, 3.63) is 51.3 Å². The van der Waals surface area contributed by atoms with Crippen LogP contribution in [-0.4, -0.2) is 36.0 Å². The summed E-state index contributed by atoms with van der Waals surface area (Å²) in [6, 6.07) is 8.66. The molecule has 0 aliphatic carbocycles. The number of hydrogen-bond donors (Lipinski definition) is 1. The Labute approximate surface area is 145 Å². The van der Waals surface area contributed by atoms with Crippen molar-refractivity contribution < 1.29 is 4.79 Å². The summed E-state index contributed by atoms with van der Waals surface area (Å²) in [6.07, 6.45) is 1.03. The van der Waals surface area contributed by atoms with E-state index in [2.05, 4.69) is 52.3 Å². The highest BCUT2D eigenvalue weighted by Gasteiger charge is 2.24. The van der Waals surface area contributed by atoms with Crippen molar-refractivity contribution in [2.24, 2.45) is 0 Å². The monoisotopic (exact) mass is 339 g/mol. The maximum Gasteiger partial charge on any atom is 0.261 e. The molecule has 0 bridgehead atoms. The number of carbonyl (C=O) groups is 1. The van der Waals surface area contributed by atoms with Crippen molar-refractivity contribution in [2.45, 2.75) is 19.9 Å². The summed E-state index contributed by atoms with van der Waals surface area (Å²) >= 11 is 1.50. The molecule has 1 N–H and O–H groups in total. The maximum atomic E-state index is 11.9. The van der Waals surface area contributed by atoms with Crippen molar-refractivity contribution in [3.8, 4) is 5.69 Å². The molecule has 0 atom stereocenters. The molecule has 1 aliphatic heterocycles. The van der Waals surface area contributed by atoms with Crippen LogP contribution in [0.1, 0.15) is 26.5 Å². The van der Waals surface area contributed by atoms with Gasteiger partial charge in [-0.05, 0) is 37.7 Å². The zero-order valence-electron chi connectivity index (χ0n) is 14.2. The number of carbonyl (C=O) groups excluding carboxylic acids is 1. The van der Waals surface area contributed by atoms with Gasteiger partial charge in [0.2, 0.25) is 0 Å². The first-order valence-electron chi connectivity index (χ1n) is 8.21. The van der Waals surface area contributed by atoms with E-state index < -0.39 is 0 Å². The van der Waals surface area contributed by atoms with Crippen molar-refractivity contribution >= 4 is 28.1 Å². The summed E-state index contributed by atoms with van der Waals surface area (Å²) in [5.74, 6) is -0.0212. The number of nitrogens with one attached hydrogen (secondary N) is 1. The molecule has 0 saturated heterocycles. The van der Waals surface area contributed by atoms with Crippen molar-refractivity contribution in [2.75, 3.05) is 20.6 Å². The smallest absolute Gasteiger partial charge is 0.261 e. The van der Waals surface area contributed by atoms with Crippen molar-refractivity contribution in [1.29, 1.82) is 0 Å². The second kappa shape index (κ2) is 5.76. The number of rotatable bonds is 2. The van der Waals surface area contributed by atoms with Gasteiger partial charge in [-0.3, -0.25) is 4.79 Å². The standard InChI is InChI=1S/C19H21N3OS/c1-12-4-5-16-14(8-12)15-10-21(3)7-6-17(15)22(16)13-9-18(24-11-13)19(23)20-2/h4-5,8-9,11H,6-7,10H2,1-3H3,(H,20,23). The highest BCUT2D eigenvalue weighted by atomic mass is 32.1. The minimum Gasteiger partial charge on any atom is -0.354 e. The lowest BCUT2D eigenvalue weighted by Crippen LogP contribution is -2.27. The third-order valence-electron chi connectivity index (χ3n) is 4.79. The molecule has 1 aliphatic rings. The van der Waals surface area contributed by atoms with Gasteiger partial charge in [-0.2, -0.15) is 0 Å². The molecule has 1 aromatic carbocycles. The lowest BCUT2D eigenvalue weighted by molar-refractivity contribution is 0.0967. The number of fused-ring (bicyclic) bond motifs is 3. The van der Waals surface area contributed by atoms with E-state index in [9.17, 15) is 4.79 Å². The van der Waals surface area contributed by atoms with Crippen LogP contribution in [0.2, 0.25) is 0 Å². The van der Waals surface area contributed by atoms with Crippen LogP contribution in [0.25, 0.3) is 16.6 Å². The molecule has 0 radical (unpaired) electrons. The molecule has 3 heterocycles. The van der Waals surface area contributed by atoms with Gasteiger partial charge in [0.25, 0.3) is 5.91 Å². The van der Waals surface area contributed by atoms with Gasteiger partial charge in [-0.25, -0.2) is 0 Å². The Kier molecular flexibility index (Phi) is 3.70. The maximum absolute atomic E-state index is 11.9. The summed E-state index contributed by atoms with van der Waals surface area (Å²) in [7, 11) is 3.85. The van der Waals surface area contributed by atoms with E-state index >= 15 is 0 Å². The first-order chi connectivity index (χ1) is 11.6. The average molecular weight is 339 g/mol. The molecule has 0 fully saturated rings. The van der Waals surface area contributed by atoms with Crippen LogP contribution >= 0.6 is 11.3 Å². The summed E-state index contributed by atoms with van der Waals surface area (Å²) in [4.78, 5) is 15.0. The number of amides is 1.